The molecule has 0 unspecified atom stereocenters. The van der Waals surface area contributed by atoms with E-state index in [1.165, 1.54) is 5.56 Å². The van der Waals surface area contributed by atoms with Crippen molar-refractivity contribution in [2.24, 2.45) is 0 Å². The Labute approximate surface area is 108 Å². The van der Waals surface area contributed by atoms with Crippen LogP contribution >= 0.6 is 0 Å². The van der Waals surface area contributed by atoms with E-state index in [0.717, 1.165) is 0 Å². The lowest BCUT2D eigenvalue weighted by Gasteiger charge is -2.03. The molecule has 0 bridgehead atoms. The van der Waals surface area contributed by atoms with E-state index in [2.05, 4.69) is 12.1 Å². The van der Waals surface area contributed by atoms with Crippen molar-refractivity contribution in [3.8, 4) is 0 Å². The van der Waals surface area contributed by atoms with Crippen molar-refractivity contribution in [1.29, 1.82) is 0 Å². The first-order valence-corrected chi connectivity index (χ1v) is 6.26. The highest BCUT2D eigenvalue weighted by atomic mass is 16.6. The number of methoxy groups -OCH3 is 1. The number of benzene rings is 1. The number of hydrogen-bond donors (Lipinski definition) is 0. The van der Waals surface area contributed by atoms with Crippen LogP contribution in [0.3, 0.4) is 0 Å². The molecule has 1 fully saturated rings. The van der Waals surface area contributed by atoms with E-state index in [0.29, 0.717) is 33.0 Å². The summed E-state index contributed by atoms with van der Waals surface area (Å²) in [6.45, 7) is 3.08. The van der Waals surface area contributed by atoms with E-state index >= 15 is 0 Å². The average Bonchev–Trinajstić information content (AvgIpc) is 3.18. The van der Waals surface area contributed by atoms with Gasteiger partial charge >= 0.3 is 0 Å². The molecule has 18 heavy (non-hydrogen) atoms. The smallest absolute Gasteiger partial charge is 0.112 e. The lowest BCUT2D eigenvalue weighted by atomic mass is 10.1. The van der Waals surface area contributed by atoms with E-state index in [1.54, 1.807) is 7.11 Å². The van der Waals surface area contributed by atoms with Crippen molar-refractivity contribution in [1.82, 2.24) is 0 Å². The van der Waals surface area contributed by atoms with Gasteiger partial charge in [-0.2, -0.15) is 0 Å². The van der Waals surface area contributed by atoms with E-state index < -0.39 is 0 Å². The summed E-state index contributed by atoms with van der Waals surface area (Å²) in [5.74, 6) is 0. The lowest BCUT2D eigenvalue weighted by Crippen LogP contribution is -2.11. The number of epoxide rings is 1. The van der Waals surface area contributed by atoms with Crippen LogP contribution in [0.5, 0.6) is 0 Å². The Bertz CT molecular complexity index is 328. The fraction of sp³-hybridized carbons (Fsp3) is 0.571. The van der Waals surface area contributed by atoms with Gasteiger partial charge in [0.05, 0.1) is 33.0 Å². The third kappa shape index (κ3) is 4.38. The van der Waals surface area contributed by atoms with E-state index in [1.807, 2.05) is 18.2 Å². The van der Waals surface area contributed by atoms with Crippen molar-refractivity contribution in [3.05, 3.63) is 35.9 Å². The summed E-state index contributed by atoms with van der Waals surface area (Å²) < 4.78 is 21.2. The zero-order chi connectivity index (χ0) is 12.6. The fourth-order valence-electron chi connectivity index (χ4n) is 1.77. The van der Waals surface area contributed by atoms with Gasteiger partial charge < -0.3 is 18.9 Å². The highest BCUT2D eigenvalue weighted by molar-refractivity contribution is 5.22. The largest absolute Gasteiger partial charge is 0.382 e. The monoisotopic (exact) mass is 252 g/mol. The van der Waals surface area contributed by atoms with Gasteiger partial charge in [-0.3, -0.25) is 0 Å². The van der Waals surface area contributed by atoms with Gasteiger partial charge in [0, 0.05) is 7.11 Å². The minimum absolute atomic E-state index is 0.200. The van der Waals surface area contributed by atoms with Crippen LogP contribution < -0.4 is 0 Å². The second kappa shape index (κ2) is 7.48. The maximum atomic E-state index is 5.56. The van der Waals surface area contributed by atoms with Crippen molar-refractivity contribution >= 4 is 0 Å². The molecule has 1 aliphatic rings. The predicted octanol–water partition coefficient (Wildman–Crippen LogP) is 1.81. The second-order valence-corrected chi connectivity index (χ2v) is 4.19. The first-order chi connectivity index (χ1) is 8.92. The van der Waals surface area contributed by atoms with Gasteiger partial charge in [0.1, 0.15) is 12.2 Å². The maximum Gasteiger partial charge on any atom is 0.112 e. The summed E-state index contributed by atoms with van der Waals surface area (Å²) in [4.78, 5) is 0. The first kappa shape index (κ1) is 13.5. The SMILES string of the molecule is COCCOCCOC[C@@H]1O[C@@H]1c1ccccc1. The summed E-state index contributed by atoms with van der Waals surface area (Å²) >= 11 is 0. The average molecular weight is 252 g/mol. The minimum atomic E-state index is 0.200. The number of rotatable bonds is 9. The predicted molar refractivity (Wildman–Crippen MR) is 67.6 cm³/mol. The highest BCUT2D eigenvalue weighted by Gasteiger charge is 2.39. The summed E-state index contributed by atoms with van der Waals surface area (Å²) in [6, 6.07) is 10.2. The van der Waals surface area contributed by atoms with Crippen LogP contribution in [-0.2, 0) is 18.9 Å². The van der Waals surface area contributed by atoms with Crippen LogP contribution in [0.15, 0.2) is 30.3 Å². The number of ether oxygens (including phenoxy) is 4. The maximum absolute atomic E-state index is 5.56. The van der Waals surface area contributed by atoms with Crippen LogP contribution in [0.4, 0.5) is 0 Å². The van der Waals surface area contributed by atoms with Crippen LogP contribution in [0.2, 0.25) is 0 Å². The Kier molecular flexibility index (Phi) is 5.61. The fourth-order valence-corrected chi connectivity index (χ4v) is 1.77. The standard InChI is InChI=1S/C14H20O4/c1-15-7-8-16-9-10-17-11-13-14(18-13)12-5-3-2-4-6-12/h2-6,13-14H,7-11H2,1H3/t13-,14+/m0/s1. The third-order valence-electron chi connectivity index (χ3n) is 2.80. The molecule has 4 heteroatoms. The normalized spacial score (nSPS) is 22.1. The van der Waals surface area contributed by atoms with Gasteiger partial charge in [-0.15, -0.1) is 0 Å². The van der Waals surface area contributed by atoms with Crippen molar-refractivity contribution < 1.29 is 18.9 Å². The quantitative estimate of drug-likeness (QED) is 0.496. The molecule has 4 nitrogen and oxygen atoms in total. The molecule has 2 rings (SSSR count). The van der Waals surface area contributed by atoms with Gasteiger partial charge in [-0.25, -0.2) is 0 Å². The van der Waals surface area contributed by atoms with Crippen molar-refractivity contribution in [2.75, 3.05) is 40.1 Å². The van der Waals surface area contributed by atoms with E-state index in [-0.39, 0.29) is 12.2 Å². The van der Waals surface area contributed by atoms with Gasteiger partial charge in [-0.1, -0.05) is 30.3 Å². The minimum Gasteiger partial charge on any atom is -0.382 e. The Balaban J connectivity index is 1.50. The molecule has 1 aromatic rings. The summed E-state index contributed by atoms with van der Waals surface area (Å²) in [5.41, 5.74) is 1.22. The third-order valence-corrected chi connectivity index (χ3v) is 2.80. The number of hydrogen-bond acceptors (Lipinski definition) is 4. The molecule has 1 heterocycles. The molecule has 0 amide bonds. The topological polar surface area (TPSA) is 40.2 Å². The van der Waals surface area contributed by atoms with Crippen LogP contribution in [-0.4, -0.2) is 46.2 Å². The molecule has 0 saturated carbocycles. The second-order valence-electron chi connectivity index (χ2n) is 4.19. The van der Waals surface area contributed by atoms with E-state index in [9.17, 15) is 0 Å². The van der Waals surface area contributed by atoms with Gasteiger partial charge in [0.25, 0.3) is 0 Å². The zero-order valence-electron chi connectivity index (χ0n) is 10.7. The van der Waals surface area contributed by atoms with Gasteiger partial charge in [0.15, 0.2) is 0 Å². The molecule has 0 aliphatic carbocycles. The molecule has 0 N–H and O–H groups in total. The van der Waals surface area contributed by atoms with Crippen LogP contribution in [0.25, 0.3) is 0 Å². The van der Waals surface area contributed by atoms with Crippen molar-refractivity contribution in [3.63, 3.8) is 0 Å². The van der Waals surface area contributed by atoms with Gasteiger partial charge in [0.2, 0.25) is 0 Å². The molecular weight excluding hydrogens is 232 g/mol. The molecular formula is C14H20O4. The Morgan fingerprint density at radius 1 is 1.00 bits per heavy atom. The highest BCUT2D eigenvalue weighted by Crippen LogP contribution is 2.38. The Morgan fingerprint density at radius 2 is 1.72 bits per heavy atom. The van der Waals surface area contributed by atoms with Crippen molar-refractivity contribution in [2.45, 2.75) is 12.2 Å². The molecule has 0 spiro atoms. The molecule has 0 aromatic heterocycles. The summed E-state index contributed by atoms with van der Waals surface area (Å²) in [6.07, 6.45) is 0.409. The van der Waals surface area contributed by atoms with Gasteiger partial charge in [-0.05, 0) is 5.56 Å². The summed E-state index contributed by atoms with van der Waals surface area (Å²) in [5, 5.41) is 0. The lowest BCUT2D eigenvalue weighted by molar-refractivity contribution is 0.0212. The molecule has 1 saturated heterocycles. The molecule has 100 valence electrons. The van der Waals surface area contributed by atoms with E-state index in [4.69, 9.17) is 18.9 Å². The molecule has 2 atom stereocenters. The molecule has 0 radical (unpaired) electrons. The summed E-state index contributed by atoms with van der Waals surface area (Å²) in [7, 11) is 1.66. The zero-order valence-corrected chi connectivity index (χ0v) is 10.7. The Morgan fingerprint density at radius 3 is 2.50 bits per heavy atom. The Hall–Kier alpha value is -0.940. The molecule has 1 aromatic carbocycles. The van der Waals surface area contributed by atoms with Crippen LogP contribution in [0.1, 0.15) is 11.7 Å². The molecule has 1 aliphatic heterocycles. The van der Waals surface area contributed by atoms with Crippen LogP contribution in [0, 0.1) is 0 Å². The first-order valence-electron chi connectivity index (χ1n) is 6.26.